The van der Waals surface area contributed by atoms with E-state index in [0.717, 1.165) is 19.5 Å². The van der Waals surface area contributed by atoms with E-state index in [9.17, 15) is 10.1 Å². The molecule has 2 aliphatic carbocycles. The molecule has 1 aromatic carbocycles. The molecule has 0 radical (unpaired) electrons. The lowest BCUT2D eigenvalue weighted by atomic mass is 9.95. The topological polar surface area (TPSA) is 55.2 Å². The van der Waals surface area contributed by atoms with Crippen LogP contribution >= 0.6 is 0 Å². The molecule has 4 nitrogen and oxygen atoms in total. The molecule has 2 unspecified atom stereocenters. The number of hydrogen-bond donors (Lipinski definition) is 1. The van der Waals surface area contributed by atoms with Crippen molar-refractivity contribution in [2.24, 2.45) is 5.41 Å². The van der Waals surface area contributed by atoms with Gasteiger partial charge in [0.25, 0.3) is 5.69 Å². The van der Waals surface area contributed by atoms with Gasteiger partial charge in [0.1, 0.15) is 0 Å². The van der Waals surface area contributed by atoms with Crippen LogP contribution in [0, 0.1) is 15.5 Å². The van der Waals surface area contributed by atoms with Gasteiger partial charge in [0.2, 0.25) is 0 Å². The molecule has 0 bridgehead atoms. The van der Waals surface area contributed by atoms with E-state index >= 15 is 0 Å². The van der Waals surface area contributed by atoms with Crippen molar-refractivity contribution >= 4 is 5.69 Å². The number of nitrogens with one attached hydrogen (secondary N) is 1. The molecule has 82 valence electrons. The summed E-state index contributed by atoms with van der Waals surface area (Å²) in [5.74, 6) is 0. The van der Waals surface area contributed by atoms with Crippen molar-refractivity contribution in [3.63, 3.8) is 0 Å². The van der Waals surface area contributed by atoms with Crippen LogP contribution in [0.4, 0.5) is 5.69 Å². The van der Waals surface area contributed by atoms with Gasteiger partial charge in [0.05, 0.1) is 4.92 Å². The minimum Gasteiger partial charge on any atom is -0.315 e. The van der Waals surface area contributed by atoms with Crippen LogP contribution in [0.1, 0.15) is 17.5 Å². The number of piperidine rings is 1. The molecule has 1 heterocycles. The predicted octanol–water partition coefficient (Wildman–Crippen LogP) is 1.38. The standard InChI is InChI=1S/C12H12N2O2/c15-14(16)9-2-1-8-4-11-5-12(11,7-13-6-11)10(8)3-9/h1-3,13H,4-7H2. The van der Waals surface area contributed by atoms with Crippen molar-refractivity contribution in [2.45, 2.75) is 18.3 Å². The first-order valence-corrected chi connectivity index (χ1v) is 5.66. The molecule has 0 spiro atoms. The van der Waals surface area contributed by atoms with E-state index in [2.05, 4.69) is 5.32 Å². The molecule has 4 rings (SSSR count). The quantitative estimate of drug-likeness (QED) is 0.570. The van der Waals surface area contributed by atoms with Gasteiger partial charge in [-0.3, -0.25) is 10.1 Å². The molecule has 1 saturated heterocycles. The second-order valence-corrected chi connectivity index (χ2v) is 5.42. The highest BCUT2D eigenvalue weighted by Crippen LogP contribution is 2.73. The summed E-state index contributed by atoms with van der Waals surface area (Å²) in [4.78, 5) is 10.5. The molecule has 1 aliphatic heterocycles. The number of benzene rings is 1. The molecule has 3 aliphatic rings. The van der Waals surface area contributed by atoms with Crippen molar-refractivity contribution in [3.8, 4) is 0 Å². The number of non-ortho nitro benzene ring substituents is 1. The minimum absolute atomic E-state index is 0.239. The lowest BCUT2D eigenvalue weighted by Gasteiger charge is -2.12. The summed E-state index contributed by atoms with van der Waals surface area (Å²) >= 11 is 0. The minimum atomic E-state index is -0.290. The highest BCUT2D eigenvalue weighted by atomic mass is 16.6. The summed E-state index contributed by atoms with van der Waals surface area (Å²) in [5.41, 5.74) is 3.46. The number of nitro groups is 1. The van der Waals surface area contributed by atoms with E-state index in [1.807, 2.05) is 6.07 Å². The Labute approximate surface area is 92.8 Å². The normalized spacial score (nSPS) is 37.8. The Morgan fingerprint density at radius 1 is 1.38 bits per heavy atom. The molecule has 2 fully saturated rings. The van der Waals surface area contributed by atoms with Crippen molar-refractivity contribution in [1.82, 2.24) is 5.32 Å². The van der Waals surface area contributed by atoms with E-state index in [0.29, 0.717) is 5.41 Å². The van der Waals surface area contributed by atoms with Gasteiger partial charge in [0, 0.05) is 30.6 Å². The van der Waals surface area contributed by atoms with Gasteiger partial charge < -0.3 is 5.32 Å². The molecular weight excluding hydrogens is 204 g/mol. The van der Waals surface area contributed by atoms with Crippen LogP contribution in [0.25, 0.3) is 0 Å². The van der Waals surface area contributed by atoms with Gasteiger partial charge in [-0.15, -0.1) is 0 Å². The summed E-state index contributed by atoms with van der Waals surface area (Å²) in [6.45, 7) is 2.08. The lowest BCUT2D eigenvalue weighted by molar-refractivity contribution is -0.384. The molecule has 1 saturated carbocycles. The summed E-state index contributed by atoms with van der Waals surface area (Å²) in [6, 6.07) is 5.39. The Balaban J connectivity index is 1.90. The van der Waals surface area contributed by atoms with E-state index < -0.39 is 0 Å². The second kappa shape index (κ2) is 2.30. The SMILES string of the molecule is O=[N+]([O-])c1ccc2c(c1)C13CNCC1(C2)C3. The summed E-state index contributed by atoms with van der Waals surface area (Å²) in [7, 11) is 0. The summed E-state index contributed by atoms with van der Waals surface area (Å²) < 4.78 is 0. The fraction of sp³-hybridized carbons (Fsp3) is 0.500. The Hall–Kier alpha value is -1.42. The van der Waals surface area contributed by atoms with Gasteiger partial charge in [-0.25, -0.2) is 0 Å². The van der Waals surface area contributed by atoms with Crippen LogP contribution in [0.2, 0.25) is 0 Å². The zero-order chi connectivity index (χ0) is 11.0. The van der Waals surface area contributed by atoms with Crippen molar-refractivity contribution < 1.29 is 4.92 Å². The fourth-order valence-corrected chi connectivity index (χ4v) is 3.94. The van der Waals surface area contributed by atoms with Crippen LogP contribution < -0.4 is 5.32 Å². The number of hydrogen-bond acceptors (Lipinski definition) is 3. The third kappa shape index (κ3) is 0.745. The van der Waals surface area contributed by atoms with Crippen molar-refractivity contribution in [2.75, 3.05) is 13.1 Å². The smallest absolute Gasteiger partial charge is 0.269 e. The third-order valence-corrected chi connectivity index (χ3v) is 4.77. The molecule has 0 amide bonds. The second-order valence-electron chi connectivity index (χ2n) is 5.42. The molecule has 1 N–H and O–H groups in total. The molecule has 16 heavy (non-hydrogen) atoms. The highest BCUT2D eigenvalue weighted by molar-refractivity contribution is 5.57. The number of nitro benzene ring substituents is 1. The van der Waals surface area contributed by atoms with Crippen molar-refractivity contribution in [1.29, 1.82) is 0 Å². The van der Waals surface area contributed by atoms with Crippen LogP contribution in [0.5, 0.6) is 0 Å². The largest absolute Gasteiger partial charge is 0.315 e. The van der Waals surface area contributed by atoms with Crippen molar-refractivity contribution in [3.05, 3.63) is 39.4 Å². The fourth-order valence-electron chi connectivity index (χ4n) is 3.94. The number of fused-ring (bicyclic) bond motifs is 1. The summed E-state index contributed by atoms with van der Waals surface area (Å²) in [6.07, 6.45) is 2.33. The molecule has 1 aromatic rings. The van der Waals surface area contributed by atoms with Gasteiger partial charge >= 0.3 is 0 Å². The third-order valence-electron chi connectivity index (χ3n) is 4.77. The van der Waals surface area contributed by atoms with Crippen LogP contribution in [0.15, 0.2) is 18.2 Å². The summed E-state index contributed by atoms with van der Waals surface area (Å²) in [5, 5.41) is 14.2. The Bertz CT molecular complexity index is 524. The Morgan fingerprint density at radius 3 is 3.06 bits per heavy atom. The van der Waals surface area contributed by atoms with Crippen LogP contribution in [-0.2, 0) is 11.8 Å². The number of rotatable bonds is 1. The van der Waals surface area contributed by atoms with Gasteiger partial charge in [0.15, 0.2) is 0 Å². The molecular formula is C12H12N2O2. The average molecular weight is 216 g/mol. The first kappa shape index (κ1) is 8.70. The predicted molar refractivity (Wildman–Crippen MR) is 58.4 cm³/mol. The zero-order valence-electron chi connectivity index (χ0n) is 8.82. The van der Waals surface area contributed by atoms with E-state index in [1.54, 1.807) is 12.1 Å². The molecule has 0 aromatic heterocycles. The van der Waals surface area contributed by atoms with Gasteiger partial charge in [-0.1, -0.05) is 6.07 Å². The van der Waals surface area contributed by atoms with E-state index in [-0.39, 0.29) is 16.0 Å². The maximum Gasteiger partial charge on any atom is 0.269 e. The van der Waals surface area contributed by atoms with Crippen LogP contribution in [0.3, 0.4) is 0 Å². The molecule has 4 heteroatoms. The first-order chi connectivity index (χ1) is 7.67. The van der Waals surface area contributed by atoms with Crippen LogP contribution in [-0.4, -0.2) is 18.0 Å². The average Bonchev–Trinajstić information content (AvgIpc) is 2.64. The maximum absolute atomic E-state index is 10.8. The maximum atomic E-state index is 10.8. The van der Waals surface area contributed by atoms with E-state index in [1.165, 1.54) is 17.5 Å². The zero-order valence-corrected chi connectivity index (χ0v) is 8.82. The highest BCUT2D eigenvalue weighted by Gasteiger charge is 2.74. The Morgan fingerprint density at radius 2 is 2.25 bits per heavy atom. The van der Waals surface area contributed by atoms with E-state index in [4.69, 9.17) is 0 Å². The monoisotopic (exact) mass is 216 g/mol. The lowest BCUT2D eigenvalue weighted by Crippen LogP contribution is -2.21. The molecule has 2 atom stereocenters. The number of nitrogens with zero attached hydrogens (tertiary/aromatic N) is 1. The van der Waals surface area contributed by atoms with Gasteiger partial charge in [-0.05, 0) is 29.4 Å². The van der Waals surface area contributed by atoms with Gasteiger partial charge in [-0.2, -0.15) is 0 Å². The Kier molecular flexibility index (Phi) is 1.25. The first-order valence-electron chi connectivity index (χ1n) is 5.66.